The van der Waals surface area contributed by atoms with Crippen molar-refractivity contribution in [3.8, 4) is 5.69 Å². The first-order valence-electron chi connectivity index (χ1n) is 8.72. The molecule has 0 amide bonds. The highest BCUT2D eigenvalue weighted by Crippen LogP contribution is 2.21. The topological polar surface area (TPSA) is 60.0 Å². The van der Waals surface area contributed by atoms with Crippen molar-refractivity contribution < 1.29 is 9.90 Å². The third kappa shape index (κ3) is 3.68. The number of nitrogens with zero attached hydrogens (tertiary/aromatic N) is 3. The SMILES string of the molecule is CCCCc1nc(Cl)c(C)n1Cc1ccc(-n2cccc2C(=O)O)cc1. The fourth-order valence-corrected chi connectivity index (χ4v) is 3.22. The van der Waals surface area contributed by atoms with E-state index >= 15 is 0 Å². The van der Waals surface area contributed by atoms with Gasteiger partial charge in [-0.15, -0.1) is 0 Å². The molecular weight excluding hydrogens is 350 g/mol. The number of aromatic carboxylic acids is 1. The van der Waals surface area contributed by atoms with E-state index in [9.17, 15) is 9.90 Å². The van der Waals surface area contributed by atoms with Crippen molar-refractivity contribution in [2.75, 3.05) is 0 Å². The van der Waals surface area contributed by atoms with Crippen LogP contribution in [0.15, 0.2) is 42.6 Å². The third-order valence-electron chi connectivity index (χ3n) is 4.52. The Morgan fingerprint density at radius 3 is 2.62 bits per heavy atom. The van der Waals surface area contributed by atoms with E-state index in [4.69, 9.17) is 11.6 Å². The normalized spacial score (nSPS) is 11.0. The van der Waals surface area contributed by atoms with Gasteiger partial charge in [0, 0.05) is 24.8 Å². The molecule has 0 unspecified atom stereocenters. The van der Waals surface area contributed by atoms with Gasteiger partial charge in [0.1, 0.15) is 16.7 Å². The Kier molecular flexibility index (Phi) is 5.47. The van der Waals surface area contributed by atoms with Gasteiger partial charge in [-0.05, 0) is 43.2 Å². The highest BCUT2D eigenvalue weighted by molar-refractivity contribution is 6.30. The van der Waals surface area contributed by atoms with Gasteiger partial charge >= 0.3 is 5.97 Å². The summed E-state index contributed by atoms with van der Waals surface area (Å²) in [4.78, 5) is 15.8. The summed E-state index contributed by atoms with van der Waals surface area (Å²) in [6.45, 7) is 4.84. The molecule has 26 heavy (non-hydrogen) atoms. The quantitative estimate of drug-likeness (QED) is 0.653. The number of unbranched alkanes of at least 4 members (excludes halogenated alkanes) is 1. The highest BCUT2D eigenvalue weighted by Gasteiger charge is 2.13. The Hall–Kier alpha value is -2.53. The van der Waals surface area contributed by atoms with Crippen LogP contribution in [-0.2, 0) is 13.0 Å². The zero-order valence-electron chi connectivity index (χ0n) is 14.9. The summed E-state index contributed by atoms with van der Waals surface area (Å²) >= 11 is 6.23. The molecule has 0 fully saturated rings. The summed E-state index contributed by atoms with van der Waals surface area (Å²) in [5.41, 5.74) is 3.16. The van der Waals surface area contributed by atoms with Crippen LogP contribution < -0.4 is 0 Å². The van der Waals surface area contributed by atoms with Gasteiger partial charge in [-0.3, -0.25) is 0 Å². The smallest absolute Gasteiger partial charge is 0.352 e. The fraction of sp³-hybridized carbons (Fsp3) is 0.300. The van der Waals surface area contributed by atoms with Crippen LogP contribution in [0.4, 0.5) is 0 Å². The molecule has 136 valence electrons. The molecule has 3 rings (SSSR count). The average Bonchev–Trinajstić information content (AvgIpc) is 3.22. The molecule has 0 aliphatic carbocycles. The third-order valence-corrected chi connectivity index (χ3v) is 4.88. The monoisotopic (exact) mass is 371 g/mol. The van der Waals surface area contributed by atoms with E-state index in [2.05, 4.69) is 16.5 Å². The second-order valence-electron chi connectivity index (χ2n) is 6.33. The van der Waals surface area contributed by atoms with Crippen molar-refractivity contribution in [1.82, 2.24) is 14.1 Å². The molecule has 0 radical (unpaired) electrons. The first-order valence-corrected chi connectivity index (χ1v) is 9.10. The summed E-state index contributed by atoms with van der Waals surface area (Å²) in [5.74, 6) is 0.0697. The van der Waals surface area contributed by atoms with E-state index in [0.717, 1.165) is 42.0 Å². The van der Waals surface area contributed by atoms with Gasteiger partial charge < -0.3 is 14.2 Å². The number of carboxylic acid groups (broad SMARTS) is 1. The maximum atomic E-state index is 11.3. The van der Waals surface area contributed by atoms with Gasteiger partial charge in [0.05, 0.1) is 5.69 Å². The number of carboxylic acids is 1. The lowest BCUT2D eigenvalue weighted by atomic mass is 10.2. The first kappa shape index (κ1) is 18.3. The van der Waals surface area contributed by atoms with Crippen LogP contribution in [0, 0.1) is 6.92 Å². The van der Waals surface area contributed by atoms with E-state index in [1.54, 1.807) is 22.9 Å². The Bertz CT molecular complexity index is 910. The van der Waals surface area contributed by atoms with E-state index in [1.807, 2.05) is 31.2 Å². The fourth-order valence-electron chi connectivity index (χ4n) is 3.02. The molecule has 2 aromatic heterocycles. The number of carbonyl (C=O) groups is 1. The van der Waals surface area contributed by atoms with Crippen molar-refractivity contribution in [1.29, 1.82) is 0 Å². The lowest BCUT2D eigenvalue weighted by Crippen LogP contribution is -2.08. The molecule has 0 aliphatic heterocycles. The molecule has 0 atom stereocenters. The summed E-state index contributed by atoms with van der Waals surface area (Å²) < 4.78 is 3.82. The van der Waals surface area contributed by atoms with E-state index in [-0.39, 0.29) is 5.69 Å². The maximum absolute atomic E-state index is 11.3. The van der Waals surface area contributed by atoms with Crippen LogP contribution in [0.5, 0.6) is 0 Å². The Labute approximate surface area is 157 Å². The Morgan fingerprint density at radius 1 is 1.23 bits per heavy atom. The van der Waals surface area contributed by atoms with Gasteiger partial charge in [0.2, 0.25) is 0 Å². The van der Waals surface area contributed by atoms with E-state index in [0.29, 0.717) is 11.7 Å². The number of hydrogen-bond donors (Lipinski definition) is 1. The number of benzene rings is 1. The second-order valence-corrected chi connectivity index (χ2v) is 6.69. The van der Waals surface area contributed by atoms with E-state index < -0.39 is 5.97 Å². The van der Waals surface area contributed by atoms with Crippen molar-refractivity contribution in [3.63, 3.8) is 0 Å². The molecule has 3 aromatic rings. The molecule has 6 heteroatoms. The largest absolute Gasteiger partial charge is 0.477 e. The summed E-state index contributed by atoms with van der Waals surface area (Å²) in [5, 5.41) is 9.82. The number of halogens is 1. The number of rotatable bonds is 7. The lowest BCUT2D eigenvalue weighted by molar-refractivity contribution is 0.0688. The van der Waals surface area contributed by atoms with Crippen LogP contribution in [-0.4, -0.2) is 25.2 Å². The summed E-state index contributed by atoms with van der Waals surface area (Å²) in [7, 11) is 0. The lowest BCUT2D eigenvalue weighted by Gasteiger charge is -2.12. The van der Waals surface area contributed by atoms with Crippen molar-refractivity contribution >= 4 is 17.6 Å². The van der Waals surface area contributed by atoms with Gasteiger partial charge in [-0.1, -0.05) is 37.1 Å². The molecule has 0 bridgehead atoms. The molecule has 0 saturated carbocycles. The second kappa shape index (κ2) is 7.79. The molecule has 1 aromatic carbocycles. The molecule has 0 spiro atoms. The summed E-state index contributed by atoms with van der Waals surface area (Å²) in [6, 6.07) is 11.2. The van der Waals surface area contributed by atoms with Crippen molar-refractivity contribution in [2.24, 2.45) is 0 Å². The average molecular weight is 372 g/mol. The highest BCUT2D eigenvalue weighted by atomic mass is 35.5. The predicted molar refractivity (Wildman–Crippen MR) is 102 cm³/mol. The zero-order valence-corrected chi connectivity index (χ0v) is 15.7. The predicted octanol–water partition coefficient (Wildman–Crippen LogP) is 4.72. The molecule has 1 N–H and O–H groups in total. The van der Waals surface area contributed by atoms with Gasteiger partial charge in [-0.25, -0.2) is 9.78 Å². The van der Waals surface area contributed by atoms with Gasteiger partial charge in [0.15, 0.2) is 0 Å². The van der Waals surface area contributed by atoms with Crippen molar-refractivity contribution in [3.05, 3.63) is 70.5 Å². The number of aromatic nitrogens is 3. The molecule has 0 saturated heterocycles. The van der Waals surface area contributed by atoms with Gasteiger partial charge in [-0.2, -0.15) is 0 Å². The summed E-state index contributed by atoms with van der Waals surface area (Å²) in [6.07, 6.45) is 4.85. The Morgan fingerprint density at radius 2 is 1.96 bits per heavy atom. The minimum absolute atomic E-state index is 0.247. The first-order chi connectivity index (χ1) is 12.5. The molecular formula is C20H22ClN3O2. The molecule has 2 heterocycles. The Balaban J connectivity index is 1.84. The van der Waals surface area contributed by atoms with Gasteiger partial charge in [0.25, 0.3) is 0 Å². The standard InChI is InChI=1S/C20H22ClN3O2/c1-3-4-7-18-22-19(21)14(2)24(18)13-15-8-10-16(11-9-15)23-12-5-6-17(23)20(25)26/h5-6,8-12H,3-4,7,13H2,1-2H3,(H,25,26). The molecule has 5 nitrogen and oxygen atoms in total. The number of aryl methyl sites for hydroxylation is 1. The van der Waals surface area contributed by atoms with Crippen LogP contribution in [0.1, 0.15) is 47.3 Å². The number of hydrogen-bond acceptors (Lipinski definition) is 2. The minimum atomic E-state index is -0.941. The maximum Gasteiger partial charge on any atom is 0.352 e. The van der Waals surface area contributed by atoms with Crippen LogP contribution in [0.3, 0.4) is 0 Å². The van der Waals surface area contributed by atoms with Crippen LogP contribution in [0.2, 0.25) is 5.15 Å². The zero-order chi connectivity index (χ0) is 18.7. The van der Waals surface area contributed by atoms with E-state index in [1.165, 1.54) is 0 Å². The molecule has 0 aliphatic rings. The van der Waals surface area contributed by atoms with Crippen molar-refractivity contribution in [2.45, 2.75) is 39.7 Å². The van der Waals surface area contributed by atoms with Crippen LogP contribution in [0.25, 0.3) is 5.69 Å². The number of imidazole rings is 1. The minimum Gasteiger partial charge on any atom is -0.477 e. The van der Waals surface area contributed by atoms with Crippen LogP contribution >= 0.6 is 11.6 Å².